The quantitative estimate of drug-likeness (QED) is 0.518. The second-order valence-corrected chi connectivity index (χ2v) is 3.16. The average molecular weight is 165 g/mol. The molecule has 2 rings (SSSR count). The van der Waals surface area contributed by atoms with Gasteiger partial charge in [-0.05, 0) is 18.1 Å². The molecule has 0 heterocycles. The Bertz CT molecular complexity index is 311. The van der Waals surface area contributed by atoms with Crippen molar-refractivity contribution in [1.29, 1.82) is 0 Å². The Hall–Kier alpha value is -1.06. The summed E-state index contributed by atoms with van der Waals surface area (Å²) < 4.78 is 0. The van der Waals surface area contributed by atoms with Gasteiger partial charge in [-0.1, -0.05) is 12.1 Å². The minimum absolute atomic E-state index is 0.146. The van der Waals surface area contributed by atoms with Crippen LogP contribution in [0, 0.1) is 0 Å². The van der Waals surface area contributed by atoms with E-state index < -0.39 is 6.10 Å². The third-order valence-corrected chi connectivity index (χ3v) is 2.33. The zero-order valence-corrected chi connectivity index (χ0v) is 6.57. The molecule has 0 bridgehead atoms. The normalized spacial score (nSPS) is 27.2. The lowest BCUT2D eigenvalue weighted by Gasteiger charge is -2.09. The number of phenolic OH excluding ortho intramolecular Hbond substituents is 1. The van der Waals surface area contributed by atoms with Crippen molar-refractivity contribution >= 4 is 0 Å². The number of aliphatic hydroxyl groups is 1. The number of phenols is 1. The maximum absolute atomic E-state index is 9.55. The smallest absolute Gasteiger partial charge is 0.121 e. The molecule has 1 aromatic carbocycles. The summed E-state index contributed by atoms with van der Waals surface area (Å²) in [6.45, 7) is 0. The summed E-state index contributed by atoms with van der Waals surface area (Å²) in [7, 11) is 0. The molecule has 1 aliphatic carbocycles. The van der Waals surface area contributed by atoms with Gasteiger partial charge in [0.15, 0.2) is 0 Å². The van der Waals surface area contributed by atoms with Crippen LogP contribution in [0.4, 0.5) is 0 Å². The van der Waals surface area contributed by atoms with Crippen LogP contribution in [0.3, 0.4) is 0 Å². The second kappa shape index (κ2) is 2.47. The monoisotopic (exact) mass is 165 g/mol. The number of rotatable bonds is 0. The van der Waals surface area contributed by atoms with Crippen molar-refractivity contribution in [1.82, 2.24) is 0 Å². The fourth-order valence-corrected chi connectivity index (χ4v) is 1.70. The minimum atomic E-state index is -0.707. The lowest BCUT2D eigenvalue weighted by Crippen LogP contribution is -2.24. The van der Waals surface area contributed by atoms with Gasteiger partial charge in [-0.25, -0.2) is 0 Å². The molecule has 1 aliphatic rings. The molecule has 64 valence electrons. The number of aromatic hydroxyl groups is 1. The van der Waals surface area contributed by atoms with Crippen molar-refractivity contribution in [3.8, 4) is 5.75 Å². The molecule has 1 aromatic rings. The van der Waals surface area contributed by atoms with Gasteiger partial charge in [0.25, 0.3) is 0 Å². The summed E-state index contributed by atoms with van der Waals surface area (Å²) in [5.41, 5.74) is 7.19. The van der Waals surface area contributed by atoms with E-state index >= 15 is 0 Å². The SMILES string of the molecule is NC1Cc2cccc(O)c2C1O. The molecule has 12 heavy (non-hydrogen) atoms. The van der Waals surface area contributed by atoms with Crippen LogP contribution in [-0.2, 0) is 6.42 Å². The first kappa shape index (κ1) is 7.58. The van der Waals surface area contributed by atoms with E-state index in [-0.39, 0.29) is 11.8 Å². The van der Waals surface area contributed by atoms with Crippen LogP contribution >= 0.6 is 0 Å². The largest absolute Gasteiger partial charge is 0.508 e. The van der Waals surface area contributed by atoms with Gasteiger partial charge in [-0.2, -0.15) is 0 Å². The molecule has 2 unspecified atom stereocenters. The van der Waals surface area contributed by atoms with E-state index in [0.717, 1.165) is 5.56 Å². The van der Waals surface area contributed by atoms with Crippen LogP contribution in [0.15, 0.2) is 18.2 Å². The van der Waals surface area contributed by atoms with Gasteiger partial charge in [-0.15, -0.1) is 0 Å². The van der Waals surface area contributed by atoms with Gasteiger partial charge in [-0.3, -0.25) is 0 Å². The maximum atomic E-state index is 9.55. The van der Waals surface area contributed by atoms with Gasteiger partial charge < -0.3 is 15.9 Å². The van der Waals surface area contributed by atoms with Gasteiger partial charge >= 0.3 is 0 Å². The van der Waals surface area contributed by atoms with Crippen LogP contribution in [0.2, 0.25) is 0 Å². The molecule has 0 amide bonds. The standard InChI is InChI=1S/C9H11NO2/c10-6-4-5-2-1-3-7(11)8(5)9(6)12/h1-3,6,9,11-12H,4,10H2. The summed E-state index contributed by atoms with van der Waals surface area (Å²) in [6.07, 6.45) is -0.0635. The van der Waals surface area contributed by atoms with Crippen LogP contribution in [0.25, 0.3) is 0 Å². The highest BCUT2D eigenvalue weighted by atomic mass is 16.3. The molecule has 0 spiro atoms. The molecule has 3 nitrogen and oxygen atoms in total. The number of benzene rings is 1. The Balaban J connectivity index is 2.55. The van der Waals surface area contributed by atoms with Crippen molar-refractivity contribution in [2.24, 2.45) is 5.73 Å². The van der Waals surface area contributed by atoms with E-state index in [2.05, 4.69) is 0 Å². The van der Waals surface area contributed by atoms with Crippen molar-refractivity contribution in [2.45, 2.75) is 18.6 Å². The number of nitrogens with two attached hydrogens (primary N) is 1. The van der Waals surface area contributed by atoms with Crippen LogP contribution < -0.4 is 5.73 Å². The molecule has 0 aromatic heterocycles. The molecule has 0 radical (unpaired) electrons. The fraction of sp³-hybridized carbons (Fsp3) is 0.333. The Morgan fingerprint density at radius 1 is 1.42 bits per heavy atom. The lowest BCUT2D eigenvalue weighted by molar-refractivity contribution is 0.156. The molecule has 0 aliphatic heterocycles. The average Bonchev–Trinajstić information content (AvgIpc) is 2.29. The van der Waals surface area contributed by atoms with Gasteiger partial charge in [0.2, 0.25) is 0 Å². The first-order valence-electron chi connectivity index (χ1n) is 3.94. The van der Waals surface area contributed by atoms with Crippen LogP contribution in [0.1, 0.15) is 17.2 Å². The van der Waals surface area contributed by atoms with Crippen molar-refractivity contribution in [3.63, 3.8) is 0 Å². The summed E-state index contributed by atoms with van der Waals surface area (Å²) in [6, 6.07) is 4.94. The zero-order valence-electron chi connectivity index (χ0n) is 6.57. The highest BCUT2D eigenvalue weighted by Gasteiger charge is 2.30. The number of fused-ring (bicyclic) bond motifs is 1. The Morgan fingerprint density at radius 3 is 2.83 bits per heavy atom. The predicted octanol–water partition coefficient (Wildman–Crippen LogP) is 0.309. The third-order valence-electron chi connectivity index (χ3n) is 2.33. The van der Waals surface area contributed by atoms with E-state index in [1.54, 1.807) is 12.1 Å². The van der Waals surface area contributed by atoms with Crippen molar-refractivity contribution in [2.75, 3.05) is 0 Å². The molecule has 0 fully saturated rings. The fourth-order valence-electron chi connectivity index (χ4n) is 1.70. The minimum Gasteiger partial charge on any atom is -0.508 e. The molecule has 4 N–H and O–H groups in total. The molecule has 0 saturated heterocycles. The van der Waals surface area contributed by atoms with Gasteiger partial charge in [0, 0.05) is 11.6 Å². The zero-order chi connectivity index (χ0) is 8.72. The summed E-state index contributed by atoms with van der Waals surface area (Å²) in [5.74, 6) is 0.146. The summed E-state index contributed by atoms with van der Waals surface area (Å²) in [5, 5.41) is 18.9. The first-order valence-corrected chi connectivity index (χ1v) is 3.94. The molecular formula is C9H11NO2. The summed E-state index contributed by atoms with van der Waals surface area (Å²) in [4.78, 5) is 0. The van der Waals surface area contributed by atoms with Crippen molar-refractivity contribution < 1.29 is 10.2 Å². The van der Waals surface area contributed by atoms with Crippen molar-refractivity contribution in [3.05, 3.63) is 29.3 Å². The molecule has 2 atom stereocenters. The van der Waals surface area contributed by atoms with Gasteiger partial charge in [0.05, 0.1) is 6.10 Å². The Morgan fingerprint density at radius 2 is 2.17 bits per heavy atom. The van der Waals surface area contributed by atoms with Crippen LogP contribution in [-0.4, -0.2) is 16.3 Å². The van der Waals surface area contributed by atoms with Crippen LogP contribution in [0.5, 0.6) is 5.75 Å². The van der Waals surface area contributed by atoms with E-state index in [1.807, 2.05) is 6.07 Å². The number of hydrogen-bond acceptors (Lipinski definition) is 3. The third kappa shape index (κ3) is 0.906. The van der Waals surface area contributed by atoms with E-state index in [0.29, 0.717) is 12.0 Å². The molecule has 3 heteroatoms. The predicted molar refractivity (Wildman–Crippen MR) is 44.7 cm³/mol. The molecular weight excluding hydrogens is 154 g/mol. The lowest BCUT2D eigenvalue weighted by atomic mass is 10.1. The highest BCUT2D eigenvalue weighted by molar-refractivity contribution is 5.45. The maximum Gasteiger partial charge on any atom is 0.121 e. The first-order chi connectivity index (χ1) is 5.70. The number of hydrogen-bond donors (Lipinski definition) is 3. The molecule has 0 saturated carbocycles. The van der Waals surface area contributed by atoms with E-state index in [4.69, 9.17) is 5.73 Å². The summed E-state index contributed by atoms with van der Waals surface area (Å²) >= 11 is 0. The van der Waals surface area contributed by atoms with Gasteiger partial charge in [0.1, 0.15) is 5.75 Å². The Labute approximate surface area is 70.4 Å². The second-order valence-electron chi connectivity index (χ2n) is 3.16. The van der Waals surface area contributed by atoms with E-state index in [1.165, 1.54) is 0 Å². The number of aliphatic hydroxyl groups excluding tert-OH is 1. The topological polar surface area (TPSA) is 66.5 Å². The highest BCUT2D eigenvalue weighted by Crippen LogP contribution is 2.36. The van der Waals surface area contributed by atoms with E-state index in [9.17, 15) is 10.2 Å². The Kier molecular flexibility index (Phi) is 1.56.